The Hall–Kier alpha value is -3.81. The van der Waals surface area contributed by atoms with Gasteiger partial charge < -0.3 is 25.3 Å². The van der Waals surface area contributed by atoms with Gasteiger partial charge >= 0.3 is 5.97 Å². The Morgan fingerprint density at radius 1 is 1.04 bits per heavy atom. The summed E-state index contributed by atoms with van der Waals surface area (Å²) in [7, 11) is 1.33. The SMILES string of the molecule is CCOc1ccc(Nc2ncnc(Oc3ccc(C(=O)OC)cc3)c2N)cc1. The van der Waals surface area contributed by atoms with Crippen molar-refractivity contribution < 1.29 is 19.0 Å². The third kappa shape index (κ3) is 4.47. The quantitative estimate of drug-likeness (QED) is 0.596. The van der Waals surface area contributed by atoms with Crippen LogP contribution in [0.25, 0.3) is 0 Å². The molecule has 0 amide bonds. The van der Waals surface area contributed by atoms with E-state index in [1.54, 1.807) is 24.3 Å². The number of aromatic nitrogens is 2. The van der Waals surface area contributed by atoms with Gasteiger partial charge in [-0.05, 0) is 55.5 Å². The fourth-order valence-electron chi connectivity index (χ4n) is 2.39. The predicted molar refractivity (Wildman–Crippen MR) is 105 cm³/mol. The van der Waals surface area contributed by atoms with Gasteiger partial charge in [0.05, 0.1) is 19.3 Å². The Kier molecular flexibility index (Phi) is 5.91. The van der Waals surface area contributed by atoms with Crippen LogP contribution in [0.3, 0.4) is 0 Å². The standard InChI is InChI=1S/C20H20N4O4/c1-3-27-15-10-6-14(7-11-15)24-18-17(21)19(23-12-22-18)28-16-8-4-13(5-9-16)20(25)26-2/h4-12H,3,21H2,1-2H3,(H,22,23,24). The van der Waals surface area contributed by atoms with E-state index < -0.39 is 5.97 Å². The number of ether oxygens (including phenoxy) is 3. The van der Waals surface area contributed by atoms with Gasteiger partial charge in [0.1, 0.15) is 23.5 Å². The Morgan fingerprint density at radius 2 is 1.71 bits per heavy atom. The molecule has 3 aromatic rings. The van der Waals surface area contributed by atoms with Crippen LogP contribution in [-0.4, -0.2) is 29.7 Å². The molecule has 2 aromatic carbocycles. The van der Waals surface area contributed by atoms with Crippen molar-refractivity contribution in [2.75, 3.05) is 24.8 Å². The van der Waals surface area contributed by atoms with E-state index in [1.807, 2.05) is 31.2 Å². The topological polar surface area (TPSA) is 109 Å². The van der Waals surface area contributed by atoms with Crippen molar-refractivity contribution in [3.63, 3.8) is 0 Å². The minimum atomic E-state index is -0.421. The van der Waals surface area contributed by atoms with Crippen LogP contribution in [-0.2, 0) is 4.74 Å². The van der Waals surface area contributed by atoms with Gasteiger partial charge in [-0.3, -0.25) is 0 Å². The second-order valence-electron chi connectivity index (χ2n) is 5.64. The van der Waals surface area contributed by atoms with Crippen LogP contribution in [0.2, 0.25) is 0 Å². The molecule has 8 heteroatoms. The molecule has 3 N–H and O–H groups in total. The fraction of sp³-hybridized carbons (Fsp3) is 0.150. The summed E-state index contributed by atoms with van der Waals surface area (Å²) in [5.74, 6) is 1.46. The Morgan fingerprint density at radius 3 is 2.36 bits per heavy atom. The van der Waals surface area contributed by atoms with Crippen molar-refractivity contribution in [2.45, 2.75) is 6.92 Å². The number of esters is 1. The molecule has 0 fully saturated rings. The van der Waals surface area contributed by atoms with Crippen LogP contribution in [0.15, 0.2) is 54.9 Å². The monoisotopic (exact) mass is 380 g/mol. The zero-order valence-corrected chi connectivity index (χ0v) is 15.5. The van der Waals surface area contributed by atoms with Gasteiger partial charge in [0.2, 0.25) is 5.88 Å². The number of rotatable bonds is 7. The van der Waals surface area contributed by atoms with Crippen molar-refractivity contribution >= 4 is 23.2 Å². The first-order chi connectivity index (χ1) is 13.6. The molecule has 0 spiro atoms. The number of anilines is 3. The Labute approximate surface area is 162 Å². The van der Waals surface area contributed by atoms with Gasteiger partial charge in [-0.25, -0.2) is 9.78 Å². The van der Waals surface area contributed by atoms with E-state index in [0.717, 1.165) is 11.4 Å². The van der Waals surface area contributed by atoms with E-state index in [0.29, 0.717) is 23.7 Å². The molecule has 0 aliphatic rings. The molecule has 0 saturated carbocycles. The van der Waals surface area contributed by atoms with Crippen LogP contribution in [0.4, 0.5) is 17.2 Å². The van der Waals surface area contributed by atoms with Crippen molar-refractivity contribution in [3.8, 4) is 17.4 Å². The van der Waals surface area contributed by atoms with Crippen molar-refractivity contribution in [3.05, 3.63) is 60.4 Å². The summed E-state index contributed by atoms with van der Waals surface area (Å²) < 4.78 is 15.8. The molecular weight excluding hydrogens is 360 g/mol. The zero-order chi connectivity index (χ0) is 19.9. The van der Waals surface area contributed by atoms with Crippen LogP contribution < -0.4 is 20.5 Å². The Bertz CT molecular complexity index is 943. The average Bonchev–Trinajstić information content (AvgIpc) is 2.72. The summed E-state index contributed by atoms with van der Waals surface area (Å²) in [5.41, 5.74) is 7.62. The van der Waals surface area contributed by atoms with Crippen molar-refractivity contribution in [2.24, 2.45) is 0 Å². The lowest BCUT2D eigenvalue weighted by Gasteiger charge is -2.12. The summed E-state index contributed by atoms with van der Waals surface area (Å²) in [6.45, 7) is 2.53. The first-order valence-electron chi connectivity index (χ1n) is 8.57. The number of carbonyl (C=O) groups excluding carboxylic acids is 1. The Balaban J connectivity index is 1.74. The highest BCUT2D eigenvalue weighted by atomic mass is 16.5. The molecule has 0 bridgehead atoms. The lowest BCUT2D eigenvalue weighted by atomic mass is 10.2. The second-order valence-corrected chi connectivity index (χ2v) is 5.64. The van der Waals surface area contributed by atoms with E-state index in [-0.39, 0.29) is 11.6 Å². The summed E-state index contributed by atoms with van der Waals surface area (Å²) in [5, 5.41) is 3.13. The van der Waals surface area contributed by atoms with Crippen molar-refractivity contribution in [1.82, 2.24) is 9.97 Å². The van der Waals surface area contributed by atoms with Gasteiger partial charge in [0, 0.05) is 5.69 Å². The van der Waals surface area contributed by atoms with E-state index in [9.17, 15) is 4.79 Å². The summed E-state index contributed by atoms with van der Waals surface area (Å²) in [4.78, 5) is 19.7. The van der Waals surface area contributed by atoms with E-state index >= 15 is 0 Å². The van der Waals surface area contributed by atoms with E-state index in [1.165, 1.54) is 13.4 Å². The molecule has 1 aromatic heterocycles. The maximum atomic E-state index is 11.5. The lowest BCUT2D eigenvalue weighted by molar-refractivity contribution is 0.0600. The fourth-order valence-corrected chi connectivity index (χ4v) is 2.39. The maximum absolute atomic E-state index is 11.5. The third-order valence-corrected chi connectivity index (χ3v) is 3.77. The van der Waals surface area contributed by atoms with Crippen molar-refractivity contribution in [1.29, 1.82) is 0 Å². The minimum absolute atomic E-state index is 0.203. The van der Waals surface area contributed by atoms with E-state index in [4.69, 9.17) is 15.2 Å². The number of methoxy groups -OCH3 is 1. The molecule has 8 nitrogen and oxygen atoms in total. The van der Waals surface area contributed by atoms with Crippen LogP contribution in [0, 0.1) is 0 Å². The zero-order valence-electron chi connectivity index (χ0n) is 15.5. The highest BCUT2D eigenvalue weighted by Crippen LogP contribution is 2.31. The summed E-state index contributed by atoms with van der Waals surface area (Å²) >= 11 is 0. The number of nitrogens with zero attached hydrogens (tertiary/aromatic N) is 2. The van der Waals surface area contributed by atoms with E-state index in [2.05, 4.69) is 20.0 Å². The number of carbonyl (C=O) groups is 1. The van der Waals surface area contributed by atoms with Gasteiger partial charge in [0.25, 0.3) is 0 Å². The smallest absolute Gasteiger partial charge is 0.337 e. The molecule has 3 rings (SSSR count). The van der Waals surface area contributed by atoms with Gasteiger partial charge in [-0.2, -0.15) is 4.98 Å². The number of benzene rings is 2. The number of hydrogen-bond acceptors (Lipinski definition) is 8. The first kappa shape index (κ1) is 19.0. The highest BCUT2D eigenvalue weighted by molar-refractivity contribution is 5.89. The molecule has 1 heterocycles. The second kappa shape index (κ2) is 8.72. The maximum Gasteiger partial charge on any atom is 0.337 e. The predicted octanol–water partition coefficient (Wildman–Crippen LogP) is 3.78. The number of nitrogens with one attached hydrogen (secondary N) is 1. The molecule has 0 saturated heterocycles. The van der Waals surface area contributed by atoms with Crippen LogP contribution in [0.5, 0.6) is 17.4 Å². The van der Waals surface area contributed by atoms with Gasteiger partial charge in [-0.1, -0.05) is 0 Å². The number of nitrogen functional groups attached to an aromatic ring is 1. The summed E-state index contributed by atoms with van der Waals surface area (Å²) in [6, 6.07) is 13.9. The molecule has 0 radical (unpaired) electrons. The largest absolute Gasteiger partial charge is 0.494 e. The molecule has 0 aliphatic heterocycles. The van der Waals surface area contributed by atoms with Gasteiger partial charge in [0.15, 0.2) is 5.82 Å². The first-order valence-corrected chi connectivity index (χ1v) is 8.57. The average molecular weight is 380 g/mol. The van der Waals surface area contributed by atoms with Crippen LogP contribution in [0.1, 0.15) is 17.3 Å². The molecule has 28 heavy (non-hydrogen) atoms. The molecule has 0 atom stereocenters. The highest BCUT2D eigenvalue weighted by Gasteiger charge is 2.12. The van der Waals surface area contributed by atoms with Gasteiger partial charge in [-0.15, -0.1) is 0 Å². The number of hydrogen-bond donors (Lipinski definition) is 2. The van der Waals surface area contributed by atoms with Crippen LogP contribution >= 0.6 is 0 Å². The summed E-state index contributed by atoms with van der Waals surface area (Å²) in [6.07, 6.45) is 1.35. The molecule has 0 aliphatic carbocycles. The molecule has 144 valence electrons. The third-order valence-electron chi connectivity index (χ3n) is 3.77. The molecule has 0 unspecified atom stereocenters. The minimum Gasteiger partial charge on any atom is -0.494 e. The number of nitrogens with two attached hydrogens (primary N) is 1. The normalized spacial score (nSPS) is 10.2. The molecular formula is C20H20N4O4. The lowest BCUT2D eigenvalue weighted by Crippen LogP contribution is -2.03.